The summed E-state index contributed by atoms with van der Waals surface area (Å²) >= 11 is 0. The smallest absolute Gasteiger partial charge is 0.296 e. The third-order valence-corrected chi connectivity index (χ3v) is 10.1. The summed E-state index contributed by atoms with van der Waals surface area (Å²) < 4.78 is 10.6. The van der Waals surface area contributed by atoms with Crippen LogP contribution < -0.4 is 16.0 Å². The van der Waals surface area contributed by atoms with Gasteiger partial charge in [-0.2, -0.15) is 0 Å². The van der Waals surface area contributed by atoms with Gasteiger partial charge >= 0.3 is 0 Å². The molecule has 2 saturated heterocycles. The molecule has 4 aromatic rings. The second-order valence-electron chi connectivity index (χ2n) is 14.0. The number of anilines is 2. The van der Waals surface area contributed by atoms with E-state index in [1.807, 2.05) is 47.4 Å². The molecule has 5 heterocycles. The van der Waals surface area contributed by atoms with Crippen LogP contribution in [0.4, 0.5) is 11.4 Å². The molecule has 13 nitrogen and oxygen atoms in total. The number of carbonyl (C=O) groups is 5. The maximum atomic E-state index is 13.2. The van der Waals surface area contributed by atoms with Crippen molar-refractivity contribution >= 4 is 62.3 Å². The Labute approximate surface area is 328 Å². The molecule has 298 valence electrons. The predicted molar refractivity (Wildman–Crippen MR) is 218 cm³/mol. The Bertz CT molecular complexity index is 1990. The number of ether oxygens (including phenoxy) is 2. The number of Topliss-reactive ketones (excluding diaryl/α,β-unsaturated/α-hetero) is 3. The number of morpholine rings is 2. The minimum atomic E-state index is -0.536. The lowest BCUT2D eigenvalue weighted by Crippen LogP contribution is -2.38. The lowest BCUT2D eigenvalue weighted by Gasteiger charge is -2.27. The minimum absolute atomic E-state index is 0. The number of rotatable bonds is 7. The number of aromatic nitrogens is 1. The van der Waals surface area contributed by atoms with E-state index in [2.05, 4.69) is 15.1 Å². The number of fused-ring (bicyclic) bond motifs is 3. The first kappa shape index (κ1) is 42.2. The zero-order valence-corrected chi connectivity index (χ0v) is 31.3. The normalized spacial score (nSPS) is 17.9. The molecule has 3 fully saturated rings. The number of nitrogens with two attached hydrogens (primary N) is 1. The molecule has 0 spiro atoms. The van der Waals surface area contributed by atoms with E-state index < -0.39 is 11.7 Å². The van der Waals surface area contributed by atoms with Crippen molar-refractivity contribution in [1.29, 1.82) is 0 Å². The fraction of sp³-hybridized carbons (Fsp3) is 0.442. The molecule has 0 bridgehead atoms. The van der Waals surface area contributed by atoms with E-state index in [9.17, 15) is 24.0 Å². The number of hydrogen-bond acceptors (Lipinski definition) is 11. The van der Waals surface area contributed by atoms with Gasteiger partial charge in [0.2, 0.25) is 0 Å². The van der Waals surface area contributed by atoms with E-state index in [1.165, 1.54) is 0 Å². The molecule has 1 aromatic heterocycles. The first-order chi connectivity index (χ1) is 26.8. The van der Waals surface area contributed by atoms with Gasteiger partial charge in [-0.25, -0.2) is 4.98 Å². The average Bonchev–Trinajstić information content (AvgIpc) is 3.67. The summed E-state index contributed by atoms with van der Waals surface area (Å²) in [6, 6.07) is 20.8. The molecule has 3 aromatic carbocycles. The van der Waals surface area contributed by atoms with Gasteiger partial charge in [0.05, 0.1) is 66.4 Å². The highest BCUT2D eigenvalue weighted by Gasteiger charge is 2.32. The average molecular weight is 767 g/mol. The molecule has 3 N–H and O–H groups in total. The summed E-state index contributed by atoms with van der Waals surface area (Å²) in [5.74, 6) is -0.647. The molecule has 5 aliphatic rings. The van der Waals surface area contributed by atoms with Crippen LogP contribution in [0.3, 0.4) is 0 Å². The third-order valence-electron chi connectivity index (χ3n) is 10.1. The van der Waals surface area contributed by atoms with Crippen molar-refractivity contribution in [3.8, 4) is 0 Å². The van der Waals surface area contributed by atoms with Crippen LogP contribution in [0.1, 0.15) is 66.7 Å². The van der Waals surface area contributed by atoms with E-state index >= 15 is 0 Å². The van der Waals surface area contributed by atoms with Crippen molar-refractivity contribution in [2.45, 2.75) is 46.0 Å². The van der Waals surface area contributed by atoms with Gasteiger partial charge < -0.3 is 25.4 Å². The number of nitrogens with zero attached hydrogens (tertiary/aromatic N) is 4. The van der Waals surface area contributed by atoms with Crippen LogP contribution in [0.15, 0.2) is 66.7 Å². The number of ketones is 3. The second kappa shape index (κ2) is 20.8. The molecule has 56 heavy (non-hydrogen) atoms. The van der Waals surface area contributed by atoms with Gasteiger partial charge in [-0.3, -0.25) is 33.8 Å². The molecular formula is C43H54N6O7. The van der Waals surface area contributed by atoms with Gasteiger partial charge in [0.25, 0.3) is 17.6 Å². The summed E-state index contributed by atoms with van der Waals surface area (Å²) in [4.78, 5) is 67.4. The second-order valence-corrected chi connectivity index (χ2v) is 14.0. The Morgan fingerprint density at radius 1 is 0.696 bits per heavy atom. The number of para-hydroxylation sites is 2. The van der Waals surface area contributed by atoms with Crippen molar-refractivity contribution < 1.29 is 33.4 Å². The van der Waals surface area contributed by atoms with E-state index in [0.717, 1.165) is 131 Å². The zero-order chi connectivity index (χ0) is 38.6. The largest absolute Gasteiger partial charge is 0.379 e. The molecule has 4 aliphatic heterocycles. The molecule has 13 heteroatoms. The lowest BCUT2D eigenvalue weighted by molar-refractivity contribution is -0.129. The summed E-state index contributed by atoms with van der Waals surface area (Å²) in [5.41, 5.74) is 10.1. The Morgan fingerprint density at radius 2 is 1.30 bits per heavy atom. The van der Waals surface area contributed by atoms with Crippen LogP contribution in [0.25, 0.3) is 21.8 Å². The Kier molecular flexibility index (Phi) is 15.7. The Hall–Kier alpha value is -4.92. The molecule has 0 unspecified atom stereocenters. The van der Waals surface area contributed by atoms with Crippen molar-refractivity contribution in [1.82, 2.24) is 14.8 Å². The van der Waals surface area contributed by atoms with Crippen molar-refractivity contribution in [3.63, 3.8) is 0 Å². The zero-order valence-electron chi connectivity index (χ0n) is 31.3. The summed E-state index contributed by atoms with van der Waals surface area (Å²) in [5, 5.41) is 4.41. The quantitative estimate of drug-likeness (QED) is 0.150. The van der Waals surface area contributed by atoms with Crippen molar-refractivity contribution in [3.05, 3.63) is 77.9 Å². The highest BCUT2D eigenvalue weighted by atomic mass is 16.5. The predicted octanol–water partition coefficient (Wildman–Crippen LogP) is 4.89. The summed E-state index contributed by atoms with van der Waals surface area (Å²) in [6.45, 7) is 11.2. The number of carbonyl (C=O) groups excluding carboxylic acids is 5. The number of amides is 2. The number of benzene rings is 3. The van der Waals surface area contributed by atoms with Crippen molar-refractivity contribution in [2.75, 3.05) is 89.0 Å². The molecule has 0 atom stereocenters. The SMILES string of the molecule is C.NCCCN1CCOCC1.O=C1CCCC(=O)C1.O=C1Nc2ccccc2C1=O.O=C1c2c3ccccc3nc3cccc(c23)N1CCCN1CCOCC1. The fourth-order valence-corrected chi connectivity index (χ4v) is 7.23. The van der Waals surface area contributed by atoms with Crippen LogP contribution >= 0.6 is 0 Å². The van der Waals surface area contributed by atoms with E-state index in [4.69, 9.17) is 20.2 Å². The first-order valence-electron chi connectivity index (χ1n) is 19.3. The number of hydrogen-bond donors (Lipinski definition) is 2. The summed E-state index contributed by atoms with van der Waals surface area (Å²) in [7, 11) is 0. The van der Waals surface area contributed by atoms with Gasteiger partial charge in [-0.1, -0.05) is 43.8 Å². The minimum Gasteiger partial charge on any atom is -0.379 e. The Balaban J connectivity index is 0.000000165. The van der Waals surface area contributed by atoms with Crippen LogP contribution in [0.5, 0.6) is 0 Å². The molecular weight excluding hydrogens is 713 g/mol. The van der Waals surface area contributed by atoms with Gasteiger partial charge in [0, 0.05) is 62.9 Å². The fourth-order valence-electron chi connectivity index (χ4n) is 7.23. The monoisotopic (exact) mass is 766 g/mol. The van der Waals surface area contributed by atoms with E-state index in [0.29, 0.717) is 24.1 Å². The van der Waals surface area contributed by atoms with Gasteiger partial charge in [0.1, 0.15) is 11.6 Å². The van der Waals surface area contributed by atoms with Crippen LogP contribution in [-0.4, -0.2) is 123 Å². The molecule has 0 radical (unpaired) electrons. The molecule has 9 rings (SSSR count). The maximum absolute atomic E-state index is 13.2. The van der Waals surface area contributed by atoms with Gasteiger partial charge in [-0.05, 0) is 62.7 Å². The Morgan fingerprint density at radius 3 is 1.93 bits per heavy atom. The third kappa shape index (κ3) is 10.7. The standard InChI is InChI=1S/C21H21N3O2.C8H5NO2.C7H16N2O.C6H8O2.CH4/c25-21-19-15-5-1-2-6-16(15)22-17-7-3-8-18(20(17)19)24(21)10-4-9-23-11-13-26-14-12-23;10-7-5-3-1-2-4-6(5)9-8(7)11;8-2-1-3-9-4-6-10-7-5-9;7-5-2-1-3-6(8)4-5;/h1-3,5-8H,4,9-14H2;1-4H,(H,9,10,11);1-8H2;1-4H2;1H4. The van der Waals surface area contributed by atoms with Crippen LogP contribution in [-0.2, 0) is 23.9 Å². The van der Waals surface area contributed by atoms with E-state index in [1.54, 1.807) is 24.3 Å². The highest BCUT2D eigenvalue weighted by molar-refractivity contribution is 6.51. The molecule has 1 aliphatic carbocycles. The highest BCUT2D eigenvalue weighted by Crippen LogP contribution is 2.40. The molecule has 1 saturated carbocycles. The first-order valence-corrected chi connectivity index (χ1v) is 19.3. The maximum Gasteiger partial charge on any atom is 0.296 e. The molecule has 2 amide bonds. The van der Waals surface area contributed by atoms with Gasteiger partial charge in [0.15, 0.2) is 0 Å². The van der Waals surface area contributed by atoms with Crippen LogP contribution in [0.2, 0.25) is 0 Å². The number of nitrogens with one attached hydrogen (secondary N) is 1. The van der Waals surface area contributed by atoms with Crippen LogP contribution in [0, 0.1) is 0 Å². The van der Waals surface area contributed by atoms with Gasteiger partial charge in [-0.15, -0.1) is 0 Å². The summed E-state index contributed by atoms with van der Waals surface area (Å²) in [6.07, 6.45) is 4.27. The number of pyridine rings is 1. The van der Waals surface area contributed by atoms with E-state index in [-0.39, 0.29) is 31.3 Å². The topological polar surface area (TPSA) is 164 Å². The van der Waals surface area contributed by atoms with Crippen molar-refractivity contribution in [2.24, 2.45) is 5.73 Å². The lowest BCUT2D eigenvalue weighted by atomic mass is 9.98.